The number of aromatic nitrogens is 2. The first-order valence-corrected chi connectivity index (χ1v) is 6.21. The molecular weight excluding hydrogens is 216 g/mol. The molecule has 1 N–H and O–H groups in total. The van der Waals surface area contributed by atoms with E-state index in [0.29, 0.717) is 18.5 Å². The van der Waals surface area contributed by atoms with Crippen LogP contribution in [0.2, 0.25) is 0 Å². The highest BCUT2D eigenvalue weighted by Gasteiger charge is 2.25. The normalized spacial score (nSPS) is 19.6. The third-order valence-electron chi connectivity index (χ3n) is 3.03. The molecule has 0 radical (unpaired) electrons. The van der Waals surface area contributed by atoms with Crippen molar-refractivity contribution in [2.24, 2.45) is 0 Å². The van der Waals surface area contributed by atoms with Crippen molar-refractivity contribution in [1.82, 2.24) is 15.3 Å². The lowest BCUT2D eigenvalue weighted by atomic mass is 10.2. The molecule has 17 heavy (non-hydrogen) atoms. The monoisotopic (exact) mass is 236 g/mol. The number of likely N-dealkylation sites (N-methyl/N-ethyl adjacent to an activating group) is 1. The fraction of sp³-hybridized carbons (Fsp3) is 0.667. The number of nitrogens with one attached hydrogen (secondary N) is 1. The topological polar surface area (TPSA) is 50.3 Å². The molecule has 0 saturated carbocycles. The van der Waals surface area contributed by atoms with Crippen molar-refractivity contribution in [2.45, 2.75) is 25.8 Å². The van der Waals surface area contributed by atoms with Gasteiger partial charge < -0.3 is 15.0 Å². The van der Waals surface area contributed by atoms with E-state index in [2.05, 4.69) is 20.2 Å². The van der Waals surface area contributed by atoms with Crippen molar-refractivity contribution >= 4 is 5.82 Å². The van der Waals surface area contributed by atoms with Crippen LogP contribution in [0.25, 0.3) is 0 Å². The maximum Gasteiger partial charge on any atom is 0.218 e. The van der Waals surface area contributed by atoms with Crippen LogP contribution in [0.4, 0.5) is 5.82 Å². The standard InChI is InChI=1S/C12H20N4O/c1-3-17-12-7-11(14-9-15-12)16-6-4-5-10(16)8-13-2/h7,9-10,13H,3-6,8H2,1-2H3. The van der Waals surface area contributed by atoms with Gasteiger partial charge in [0.05, 0.1) is 6.61 Å². The Morgan fingerprint density at radius 2 is 2.41 bits per heavy atom. The molecule has 1 fully saturated rings. The zero-order valence-corrected chi connectivity index (χ0v) is 10.5. The van der Waals surface area contributed by atoms with Gasteiger partial charge in [-0.2, -0.15) is 0 Å². The highest BCUT2D eigenvalue weighted by Crippen LogP contribution is 2.24. The van der Waals surface area contributed by atoms with E-state index in [1.165, 1.54) is 12.8 Å². The molecule has 94 valence electrons. The van der Waals surface area contributed by atoms with Crippen LogP contribution in [0.3, 0.4) is 0 Å². The smallest absolute Gasteiger partial charge is 0.218 e. The van der Waals surface area contributed by atoms with Crippen molar-refractivity contribution in [2.75, 3.05) is 31.6 Å². The Labute approximate surface area is 102 Å². The Balaban J connectivity index is 2.12. The lowest BCUT2D eigenvalue weighted by Crippen LogP contribution is -2.37. The SMILES string of the molecule is CCOc1cc(N2CCCC2CNC)ncn1. The van der Waals surface area contributed by atoms with Crippen LogP contribution in [0.15, 0.2) is 12.4 Å². The van der Waals surface area contributed by atoms with E-state index in [9.17, 15) is 0 Å². The maximum atomic E-state index is 5.41. The summed E-state index contributed by atoms with van der Waals surface area (Å²) in [5, 5.41) is 3.23. The Morgan fingerprint density at radius 1 is 1.53 bits per heavy atom. The average molecular weight is 236 g/mol. The molecule has 0 aromatic carbocycles. The first-order chi connectivity index (χ1) is 8.35. The van der Waals surface area contributed by atoms with Gasteiger partial charge in [0, 0.05) is 25.2 Å². The van der Waals surface area contributed by atoms with Gasteiger partial charge in [-0.1, -0.05) is 0 Å². The molecule has 1 aliphatic rings. The number of hydrogen-bond acceptors (Lipinski definition) is 5. The Hall–Kier alpha value is -1.36. The van der Waals surface area contributed by atoms with E-state index in [4.69, 9.17) is 4.74 Å². The maximum absolute atomic E-state index is 5.41. The summed E-state index contributed by atoms with van der Waals surface area (Å²) in [5.41, 5.74) is 0. The van der Waals surface area contributed by atoms with Gasteiger partial charge in [-0.25, -0.2) is 9.97 Å². The molecule has 1 atom stereocenters. The third-order valence-corrected chi connectivity index (χ3v) is 3.03. The largest absolute Gasteiger partial charge is 0.478 e. The number of rotatable bonds is 5. The molecule has 0 aliphatic carbocycles. The van der Waals surface area contributed by atoms with E-state index in [1.54, 1.807) is 6.33 Å². The minimum atomic E-state index is 0.532. The first kappa shape index (κ1) is 12.1. The third kappa shape index (κ3) is 2.85. The quantitative estimate of drug-likeness (QED) is 0.828. The fourth-order valence-electron chi connectivity index (χ4n) is 2.30. The predicted octanol–water partition coefficient (Wildman–Crippen LogP) is 1.06. The van der Waals surface area contributed by atoms with Gasteiger partial charge in [0.25, 0.3) is 0 Å². The Kier molecular flexibility index (Phi) is 4.14. The Morgan fingerprint density at radius 3 is 3.18 bits per heavy atom. The van der Waals surface area contributed by atoms with Crippen LogP contribution >= 0.6 is 0 Å². The molecule has 0 amide bonds. The summed E-state index contributed by atoms with van der Waals surface area (Å²) in [7, 11) is 1.99. The molecular formula is C12H20N4O. The molecule has 2 heterocycles. The van der Waals surface area contributed by atoms with Crippen LogP contribution in [-0.2, 0) is 0 Å². The second-order valence-corrected chi connectivity index (χ2v) is 4.19. The second-order valence-electron chi connectivity index (χ2n) is 4.19. The van der Waals surface area contributed by atoms with Gasteiger partial charge >= 0.3 is 0 Å². The van der Waals surface area contributed by atoms with Gasteiger partial charge in [0.2, 0.25) is 5.88 Å². The van der Waals surface area contributed by atoms with Crippen molar-refractivity contribution in [1.29, 1.82) is 0 Å². The predicted molar refractivity (Wildman–Crippen MR) is 67.5 cm³/mol. The molecule has 1 unspecified atom stereocenters. The summed E-state index contributed by atoms with van der Waals surface area (Å²) in [6.07, 6.45) is 4.02. The molecule has 5 heteroatoms. The van der Waals surface area contributed by atoms with Crippen molar-refractivity contribution in [3.63, 3.8) is 0 Å². The van der Waals surface area contributed by atoms with E-state index in [0.717, 1.165) is 18.9 Å². The van der Waals surface area contributed by atoms with Gasteiger partial charge in [-0.3, -0.25) is 0 Å². The van der Waals surface area contributed by atoms with Crippen LogP contribution in [0.1, 0.15) is 19.8 Å². The summed E-state index contributed by atoms with van der Waals surface area (Å²) in [5.74, 6) is 1.63. The summed E-state index contributed by atoms with van der Waals surface area (Å²) in [6, 6.07) is 2.46. The molecule has 2 rings (SSSR count). The number of nitrogens with zero attached hydrogens (tertiary/aromatic N) is 3. The van der Waals surface area contributed by atoms with Crippen molar-refractivity contribution in [3.05, 3.63) is 12.4 Å². The molecule has 0 bridgehead atoms. The summed E-state index contributed by atoms with van der Waals surface area (Å²) < 4.78 is 5.41. The van der Waals surface area contributed by atoms with Gasteiger partial charge in [0.1, 0.15) is 12.1 Å². The molecule has 5 nitrogen and oxygen atoms in total. The second kappa shape index (κ2) is 5.82. The number of hydrogen-bond donors (Lipinski definition) is 1. The van der Waals surface area contributed by atoms with E-state index in [-0.39, 0.29) is 0 Å². The number of ether oxygens (including phenoxy) is 1. The molecule has 1 saturated heterocycles. The van der Waals surface area contributed by atoms with E-state index >= 15 is 0 Å². The molecule has 1 aliphatic heterocycles. The zero-order valence-electron chi connectivity index (χ0n) is 10.5. The highest BCUT2D eigenvalue weighted by atomic mass is 16.5. The van der Waals surface area contributed by atoms with Gasteiger partial charge in [-0.15, -0.1) is 0 Å². The zero-order chi connectivity index (χ0) is 12.1. The molecule has 0 spiro atoms. The summed E-state index contributed by atoms with van der Waals surface area (Å²) in [6.45, 7) is 4.65. The molecule has 1 aromatic rings. The lowest BCUT2D eigenvalue weighted by Gasteiger charge is -2.25. The molecule has 1 aromatic heterocycles. The van der Waals surface area contributed by atoms with Crippen LogP contribution < -0.4 is 15.0 Å². The van der Waals surface area contributed by atoms with E-state index in [1.807, 2.05) is 20.0 Å². The lowest BCUT2D eigenvalue weighted by molar-refractivity contribution is 0.326. The Bertz CT molecular complexity index is 358. The first-order valence-electron chi connectivity index (χ1n) is 6.21. The summed E-state index contributed by atoms with van der Waals surface area (Å²) >= 11 is 0. The van der Waals surface area contributed by atoms with Gasteiger partial charge in [-0.05, 0) is 26.8 Å². The minimum Gasteiger partial charge on any atom is -0.478 e. The van der Waals surface area contributed by atoms with Crippen LogP contribution in [0.5, 0.6) is 5.88 Å². The van der Waals surface area contributed by atoms with Crippen molar-refractivity contribution < 1.29 is 4.74 Å². The minimum absolute atomic E-state index is 0.532. The highest BCUT2D eigenvalue weighted by molar-refractivity contribution is 5.43. The van der Waals surface area contributed by atoms with Crippen LogP contribution in [-0.4, -0.2) is 42.8 Å². The average Bonchev–Trinajstić information content (AvgIpc) is 2.79. The van der Waals surface area contributed by atoms with Crippen molar-refractivity contribution in [3.8, 4) is 5.88 Å². The summed E-state index contributed by atoms with van der Waals surface area (Å²) in [4.78, 5) is 10.8. The van der Waals surface area contributed by atoms with E-state index < -0.39 is 0 Å². The van der Waals surface area contributed by atoms with Gasteiger partial charge in [0.15, 0.2) is 0 Å². The fourth-order valence-corrected chi connectivity index (χ4v) is 2.30. The van der Waals surface area contributed by atoms with Crippen LogP contribution in [0, 0.1) is 0 Å². The number of anilines is 1.